The number of H-pyrrole nitrogens is 1. The molecule has 0 saturated carbocycles. The fraction of sp³-hybridized carbons (Fsp3) is 0.171. The molecule has 0 amide bonds. The van der Waals surface area contributed by atoms with Gasteiger partial charge in [0.15, 0.2) is 0 Å². The summed E-state index contributed by atoms with van der Waals surface area (Å²) in [6.07, 6.45) is 12.1. The lowest BCUT2D eigenvalue weighted by atomic mass is 9.62. The van der Waals surface area contributed by atoms with Crippen molar-refractivity contribution in [3.63, 3.8) is 0 Å². The Morgan fingerprint density at radius 2 is 1.51 bits per heavy atom. The van der Waals surface area contributed by atoms with Crippen molar-refractivity contribution >= 4 is 51.5 Å². The van der Waals surface area contributed by atoms with Crippen LogP contribution in [0.5, 0.6) is 0 Å². The number of aromatic nitrogens is 2. The van der Waals surface area contributed by atoms with E-state index in [0.29, 0.717) is 17.4 Å². The van der Waals surface area contributed by atoms with Crippen LogP contribution in [-0.2, 0) is 0 Å². The molecule has 45 heavy (non-hydrogen) atoms. The maximum absolute atomic E-state index is 8.11. The Labute approximate surface area is 264 Å². The molecule has 0 saturated heterocycles. The van der Waals surface area contributed by atoms with Crippen LogP contribution < -0.4 is 4.90 Å². The lowest BCUT2D eigenvalue weighted by molar-refractivity contribution is 0.228. The fourth-order valence-corrected chi connectivity index (χ4v) is 7.49. The molecule has 0 spiro atoms. The highest BCUT2D eigenvalue weighted by Gasteiger charge is 2.38. The van der Waals surface area contributed by atoms with Crippen molar-refractivity contribution in [1.29, 1.82) is 0 Å². The van der Waals surface area contributed by atoms with E-state index in [-0.39, 0.29) is 5.41 Å². The zero-order chi connectivity index (χ0) is 30.5. The Kier molecular flexibility index (Phi) is 6.43. The Morgan fingerprint density at radius 1 is 0.844 bits per heavy atom. The van der Waals surface area contributed by atoms with Crippen LogP contribution in [0, 0.1) is 17.9 Å². The molecule has 1 atom stereocenters. The van der Waals surface area contributed by atoms with Gasteiger partial charge in [-0.05, 0) is 100 Å². The molecule has 1 N–H and O–H groups in total. The summed E-state index contributed by atoms with van der Waals surface area (Å²) in [5.41, 5.74) is 13.4. The Hall–Kier alpha value is -5.40. The Morgan fingerprint density at radius 3 is 2.20 bits per heavy atom. The van der Waals surface area contributed by atoms with Crippen molar-refractivity contribution in [3.8, 4) is 0 Å². The number of rotatable bonds is 3. The van der Waals surface area contributed by atoms with E-state index in [1.54, 1.807) is 0 Å². The maximum Gasteiger partial charge on any atom is 0.231 e. The van der Waals surface area contributed by atoms with Crippen molar-refractivity contribution in [2.75, 3.05) is 4.90 Å². The number of anilines is 3. The Bertz CT molecular complexity index is 2050. The SMILES string of the molecule is [C-]#[N+]C(=C1C=C2C=C(c3ccc(N4c5ccccc5C=Cc5ccccc54)cc3)CCC2C(C)(C)C1)c1nc2ccccc2[nH]1. The first-order valence-electron chi connectivity index (χ1n) is 15.7. The summed E-state index contributed by atoms with van der Waals surface area (Å²) in [6.45, 7) is 12.8. The molecule has 0 bridgehead atoms. The molecule has 0 radical (unpaired) electrons. The van der Waals surface area contributed by atoms with Gasteiger partial charge in [-0.15, -0.1) is 0 Å². The summed E-state index contributed by atoms with van der Waals surface area (Å²) < 4.78 is 0. The van der Waals surface area contributed by atoms with E-state index in [2.05, 4.69) is 126 Å². The van der Waals surface area contributed by atoms with Crippen molar-refractivity contribution in [3.05, 3.63) is 154 Å². The smallest absolute Gasteiger partial charge is 0.231 e. The molecular weight excluding hydrogens is 548 g/mol. The third kappa shape index (κ3) is 4.73. The monoisotopic (exact) mass is 582 g/mol. The van der Waals surface area contributed by atoms with E-state index in [1.165, 1.54) is 39.2 Å². The predicted octanol–water partition coefficient (Wildman–Crippen LogP) is 11.0. The average molecular weight is 583 g/mol. The van der Waals surface area contributed by atoms with E-state index in [1.807, 2.05) is 24.3 Å². The minimum absolute atomic E-state index is 0.0504. The zero-order valence-electron chi connectivity index (χ0n) is 25.6. The van der Waals surface area contributed by atoms with E-state index in [9.17, 15) is 0 Å². The van der Waals surface area contributed by atoms with Crippen LogP contribution in [0.2, 0.25) is 0 Å². The van der Waals surface area contributed by atoms with Gasteiger partial charge in [0.05, 0.1) is 29.0 Å². The molecule has 4 aromatic carbocycles. The number of fused-ring (bicyclic) bond motifs is 4. The van der Waals surface area contributed by atoms with Crippen LogP contribution in [0.25, 0.3) is 39.3 Å². The fourth-order valence-electron chi connectivity index (χ4n) is 7.49. The van der Waals surface area contributed by atoms with Gasteiger partial charge in [0.2, 0.25) is 5.70 Å². The van der Waals surface area contributed by atoms with Crippen molar-refractivity contribution in [1.82, 2.24) is 9.97 Å². The summed E-state index contributed by atoms with van der Waals surface area (Å²) in [5.74, 6) is 1.12. The number of aromatic amines is 1. The molecule has 1 aliphatic heterocycles. The van der Waals surface area contributed by atoms with Gasteiger partial charge in [0.25, 0.3) is 0 Å². The summed E-state index contributed by atoms with van der Waals surface area (Å²) in [7, 11) is 0. The van der Waals surface area contributed by atoms with E-state index in [0.717, 1.165) is 41.6 Å². The number of imidazole rings is 1. The first kappa shape index (κ1) is 27.2. The van der Waals surface area contributed by atoms with Crippen molar-refractivity contribution < 1.29 is 0 Å². The van der Waals surface area contributed by atoms with Crippen LogP contribution in [0.15, 0.2) is 120 Å². The lowest BCUT2D eigenvalue weighted by Crippen LogP contribution is -2.31. The van der Waals surface area contributed by atoms with Crippen LogP contribution in [0.1, 0.15) is 55.6 Å². The van der Waals surface area contributed by atoms with E-state index >= 15 is 0 Å². The first-order chi connectivity index (χ1) is 22.0. The number of nitrogens with one attached hydrogen (secondary N) is 1. The van der Waals surface area contributed by atoms with E-state index in [4.69, 9.17) is 11.6 Å². The van der Waals surface area contributed by atoms with Gasteiger partial charge in [0, 0.05) is 5.69 Å². The molecule has 2 heterocycles. The molecule has 4 heteroatoms. The molecule has 1 unspecified atom stereocenters. The molecule has 2 aliphatic carbocycles. The minimum atomic E-state index is 0.0504. The minimum Gasteiger partial charge on any atom is -0.347 e. The summed E-state index contributed by atoms with van der Waals surface area (Å²) in [5, 5.41) is 0. The number of nitrogens with zero attached hydrogens (tertiary/aromatic N) is 3. The lowest BCUT2D eigenvalue weighted by Gasteiger charge is -2.42. The number of allylic oxidation sites excluding steroid dienone is 5. The van der Waals surface area contributed by atoms with Gasteiger partial charge >= 0.3 is 0 Å². The van der Waals surface area contributed by atoms with Gasteiger partial charge in [0.1, 0.15) is 5.82 Å². The zero-order valence-corrected chi connectivity index (χ0v) is 25.6. The van der Waals surface area contributed by atoms with Crippen LogP contribution in [-0.4, -0.2) is 9.97 Å². The van der Waals surface area contributed by atoms with Crippen LogP contribution >= 0.6 is 0 Å². The number of benzene rings is 4. The molecule has 0 fully saturated rings. The third-order valence-corrected chi connectivity index (χ3v) is 9.70. The van der Waals surface area contributed by atoms with Gasteiger partial charge in [-0.1, -0.05) is 98.8 Å². The van der Waals surface area contributed by atoms with Crippen LogP contribution in [0.3, 0.4) is 0 Å². The number of hydrogen-bond donors (Lipinski definition) is 1. The van der Waals surface area contributed by atoms with Crippen molar-refractivity contribution in [2.24, 2.45) is 11.3 Å². The van der Waals surface area contributed by atoms with E-state index < -0.39 is 0 Å². The van der Waals surface area contributed by atoms with Gasteiger partial charge in [-0.25, -0.2) is 9.83 Å². The molecule has 8 rings (SSSR count). The predicted molar refractivity (Wildman–Crippen MR) is 187 cm³/mol. The standard InChI is InChI=1S/C41H34N4/c1-41(2)26-32(39(42-3)40-43-35-12-6-7-13-36(35)44-40)25-31-24-30(20-23-34(31)41)27-18-21-33(22-19-27)45-37-14-8-4-10-28(37)16-17-29-11-5-9-15-38(29)45/h4-19,21-22,24-25,34H,20,23,26H2,1-2H3,(H,43,44). The van der Waals surface area contributed by atoms with Crippen LogP contribution in [0.4, 0.5) is 17.1 Å². The second kappa shape index (κ2) is 10.6. The normalized spacial score (nSPS) is 19.4. The second-order valence-corrected chi connectivity index (χ2v) is 13.0. The molecule has 218 valence electrons. The molecular formula is C41H34N4. The van der Waals surface area contributed by atoms with Gasteiger partial charge in [-0.3, -0.25) is 0 Å². The molecule has 1 aromatic heterocycles. The van der Waals surface area contributed by atoms with Gasteiger partial charge in [-0.2, -0.15) is 0 Å². The van der Waals surface area contributed by atoms with Gasteiger partial charge < -0.3 is 9.88 Å². The largest absolute Gasteiger partial charge is 0.347 e. The topological polar surface area (TPSA) is 36.3 Å². The molecule has 3 aliphatic rings. The molecule has 5 aromatic rings. The first-order valence-corrected chi connectivity index (χ1v) is 15.7. The highest BCUT2D eigenvalue weighted by Crippen LogP contribution is 2.51. The summed E-state index contributed by atoms with van der Waals surface area (Å²) in [4.78, 5) is 14.5. The third-order valence-electron chi connectivity index (χ3n) is 9.70. The Balaban J connectivity index is 1.17. The van der Waals surface area contributed by atoms with Crippen molar-refractivity contribution in [2.45, 2.75) is 33.1 Å². The number of hydrogen-bond acceptors (Lipinski definition) is 2. The second-order valence-electron chi connectivity index (χ2n) is 13.0. The summed E-state index contributed by atoms with van der Waals surface area (Å²) in [6, 6.07) is 34.2. The number of para-hydroxylation sites is 4. The summed E-state index contributed by atoms with van der Waals surface area (Å²) >= 11 is 0. The maximum atomic E-state index is 8.11. The highest BCUT2D eigenvalue weighted by molar-refractivity contribution is 5.93. The highest BCUT2D eigenvalue weighted by atomic mass is 15.1. The molecule has 4 nitrogen and oxygen atoms in total. The average Bonchev–Trinajstić information content (AvgIpc) is 3.41. The quantitative estimate of drug-likeness (QED) is 0.211.